The number of carbonyl (C=O) groups is 1. The van der Waals surface area contributed by atoms with E-state index < -0.39 is 6.03 Å². The van der Waals surface area contributed by atoms with Gasteiger partial charge in [0.1, 0.15) is 12.4 Å². The zero-order valence-corrected chi connectivity index (χ0v) is 11.7. The second-order valence-electron chi connectivity index (χ2n) is 4.58. The Morgan fingerprint density at radius 1 is 1.29 bits per heavy atom. The average Bonchev–Trinajstić information content (AvgIpc) is 2.47. The van der Waals surface area contributed by atoms with Crippen molar-refractivity contribution in [2.75, 3.05) is 0 Å². The number of nitrogens with zero attached hydrogens (tertiary/aromatic N) is 1. The molecule has 0 spiro atoms. The van der Waals surface area contributed by atoms with Crippen molar-refractivity contribution in [3.63, 3.8) is 0 Å². The zero-order chi connectivity index (χ0) is 15.1. The molecule has 0 saturated carbocycles. The van der Waals surface area contributed by atoms with Crippen LogP contribution in [0, 0.1) is 6.92 Å². The van der Waals surface area contributed by atoms with Gasteiger partial charge in [-0.2, -0.15) is 5.10 Å². The number of rotatable bonds is 5. The SMILES string of the molecule is Cc1ccc(COc2cccc(C=NNC(N)=O)c2)cc1. The fourth-order valence-corrected chi connectivity index (χ4v) is 1.71. The molecule has 0 aliphatic rings. The topological polar surface area (TPSA) is 76.7 Å². The van der Waals surface area contributed by atoms with Crippen LogP contribution in [0.4, 0.5) is 4.79 Å². The molecular formula is C16H17N3O2. The highest BCUT2D eigenvalue weighted by atomic mass is 16.5. The first-order chi connectivity index (χ1) is 10.1. The van der Waals surface area contributed by atoms with Crippen LogP contribution >= 0.6 is 0 Å². The average molecular weight is 283 g/mol. The number of nitrogens with one attached hydrogen (secondary N) is 1. The smallest absolute Gasteiger partial charge is 0.332 e. The zero-order valence-electron chi connectivity index (χ0n) is 11.7. The lowest BCUT2D eigenvalue weighted by atomic mass is 10.2. The van der Waals surface area contributed by atoms with Crippen molar-refractivity contribution in [3.8, 4) is 5.75 Å². The number of amides is 2. The number of benzene rings is 2. The molecule has 2 aromatic carbocycles. The molecular weight excluding hydrogens is 266 g/mol. The molecule has 2 aromatic rings. The minimum absolute atomic E-state index is 0.500. The van der Waals surface area contributed by atoms with Gasteiger partial charge in [0.15, 0.2) is 0 Å². The Labute approximate surface area is 123 Å². The van der Waals surface area contributed by atoms with E-state index in [1.165, 1.54) is 11.8 Å². The molecule has 2 amide bonds. The molecule has 108 valence electrons. The van der Waals surface area contributed by atoms with Crippen LogP contribution in [0.25, 0.3) is 0 Å². The van der Waals surface area contributed by atoms with Crippen molar-refractivity contribution in [1.82, 2.24) is 5.43 Å². The molecule has 0 saturated heterocycles. The summed E-state index contributed by atoms with van der Waals surface area (Å²) in [4.78, 5) is 10.5. The largest absolute Gasteiger partial charge is 0.489 e. The van der Waals surface area contributed by atoms with Crippen molar-refractivity contribution in [1.29, 1.82) is 0 Å². The standard InChI is InChI=1S/C16H17N3O2/c1-12-5-7-13(8-6-12)11-21-15-4-2-3-14(9-15)10-18-19-16(17)20/h2-10H,11H2,1H3,(H3,17,19,20). The number of urea groups is 1. The van der Waals surface area contributed by atoms with Crippen LogP contribution in [-0.2, 0) is 6.61 Å². The Bertz CT molecular complexity index is 636. The van der Waals surface area contributed by atoms with Gasteiger partial charge in [0.05, 0.1) is 6.21 Å². The maximum absolute atomic E-state index is 10.5. The summed E-state index contributed by atoms with van der Waals surface area (Å²) in [5.41, 5.74) is 10.2. The van der Waals surface area contributed by atoms with Gasteiger partial charge in [-0.15, -0.1) is 0 Å². The quantitative estimate of drug-likeness (QED) is 0.653. The first-order valence-corrected chi connectivity index (χ1v) is 6.50. The number of nitrogens with two attached hydrogens (primary N) is 1. The third-order valence-electron chi connectivity index (χ3n) is 2.77. The lowest BCUT2D eigenvalue weighted by molar-refractivity contribution is 0.249. The number of hydrogen-bond donors (Lipinski definition) is 2. The summed E-state index contributed by atoms with van der Waals surface area (Å²) >= 11 is 0. The summed E-state index contributed by atoms with van der Waals surface area (Å²) < 4.78 is 5.73. The van der Waals surface area contributed by atoms with Crippen molar-refractivity contribution < 1.29 is 9.53 Å². The van der Waals surface area contributed by atoms with Gasteiger partial charge in [-0.1, -0.05) is 42.0 Å². The van der Waals surface area contributed by atoms with E-state index in [9.17, 15) is 4.79 Å². The Morgan fingerprint density at radius 2 is 2.05 bits per heavy atom. The maximum atomic E-state index is 10.5. The van der Waals surface area contributed by atoms with E-state index in [4.69, 9.17) is 10.5 Å². The number of hydrazone groups is 1. The molecule has 21 heavy (non-hydrogen) atoms. The van der Waals surface area contributed by atoms with E-state index in [0.717, 1.165) is 16.9 Å². The Balaban J connectivity index is 1.96. The molecule has 3 N–H and O–H groups in total. The Morgan fingerprint density at radius 3 is 2.76 bits per heavy atom. The molecule has 0 atom stereocenters. The van der Waals surface area contributed by atoms with Crippen molar-refractivity contribution in [2.24, 2.45) is 10.8 Å². The molecule has 0 bridgehead atoms. The Hall–Kier alpha value is -2.82. The fourth-order valence-electron chi connectivity index (χ4n) is 1.71. The summed E-state index contributed by atoms with van der Waals surface area (Å²) in [7, 11) is 0. The minimum Gasteiger partial charge on any atom is -0.489 e. The first kappa shape index (κ1) is 14.6. The molecule has 0 heterocycles. The second kappa shape index (κ2) is 7.09. The first-order valence-electron chi connectivity index (χ1n) is 6.50. The van der Waals surface area contributed by atoms with E-state index in [1.54, 1.807) is 0 Å². The number of primary amides is 1. The number of ether oxygens (including phenoxy) is 1. The lowest BCUT2D eigenvalue weighted by Gasteiger charge is -2.07. The molecule has 0 aliphatic heterocycles. The van der Waals surface area contributed by atoms with Crippen molar-refractivity contribution in [2.45, 2.75) is 13.5 Å². The maximum Gasteiger partial charge on any atom is 0.332 e. The van der Waals surface area contributed by atoms with E-state index in [2.05, 4.69) is 22.7 Å². The number of aryl methyl sites for hydroxylation is 1. The van der Waals surface area contributed by atoms with Crippen LogP contribution < -0.4 is 15.9 Å². The summed E-state index contributed by atoms with van der Waals surface area (Å²) in [6.45, 7) is 2.55. The predicted octanol–water partition coefficient (Wildman–Crippen LogP) is 2.58. The third-order valence-corrected chi connectivity index (χ3v) is 2.77. The highest BCUT2D eigenvalue weighted by molar-refractivity contribution is 5.81. The van der Waals surface area contributed by atoms with Crippen LogP contribution in [0.1, 0.15) is 16.7 Å². The molecule has 0 aliphatic carbocycles. The highest BCUT2D eigenvalue weighted by Crippen LogP contribution is 2.14. The number of hydrogen-bond acceptors (Lipinski definition) is 3. The van der Waals surface area contributed by atoms with Gasteiger partial charge in [-0.3, -0.25) is 0 Å². The van der Waals surface area contributed by atoms with Gasteiger partial charge in [-0.25, -0.2) is 10.2 Å². The summed E-state index contributed by atoms with van der Waals surface area (Å²) in [6.07, 6.45) is 1.50. The summed E-state index contributed by atoms with van der Waals surface area (Å²) in [6, 6.07) is 14.9. The van der Waals surface area contributed by atoms with Gasteiger partial charge in [0.25, 0.3) is 0 Å². The van der Waals surface area contributed by atoms with E-state index >= 15 is 0 Å². The molecule has 5 nitrogen and oxygen atoms in total. The predicted molar refractivity (Wildman–Crippen MR) is 82.3 cm³/mol. The Kier molecular flexibility index (Phi) is 4.93. The van der Waals surface area contributed by atoms with E-state index in [0.29, 0.717) is 6.61 Å². The van der Waals surface area contributed by atoms with Gasteiger partial charge in [-0.05, 0) is 30.2 Å². The third kappa shape index (κ3) is 4.99. The van der Waals surface area contributed by atoms with Crippen LogP contribution in [-0.4, -0.2) is 12.2 Å². The fraction of sp³-hybridized carbons (Fsp3) is 0.125. The van der Waals surface area contributed by atoms with Crippen molar-refractivity contribution in [3.05, 3.63) is 65.2 Å². The van der Waals surface area contributed by atoms with Crippen LogP contribution in [0.15, 0.2) is 53.6 Å². The second-order valence-corrected chi connectivity index (χ2v) is 4.58. The summed E-state index contributed by atoms with van der Waals surface area (Å²) in [5, 5.41) is 3.71. The normalized spacial score (nSPS) is 10.5. The van der Waals surface area contributed by atoms with Gasteiger partial charge in [0.2, 0.25) is 0 Å². The van der Waals surface area contributed by atoms with Crippen LogP contribution in [0.2, 0.25) is 0 Å². The van der Waals surface area contributed by atoms with E-state index in [-0.39, 0.29) is 0 Å². The minimum atomic E-state index is -0.696. The van der Waals surface area contributed by atoms with Gasteiger partial charge in [0, 0.05) is 0 Å². The number of carbonyl (C=O) groups excluding carboxylic acids is 1. The van der Waals surface area contributed by atoms with Gasteiger partial charge < -0.3 is 10.5 Å². The molecule has 0 radical (unpaired) electrons. The monoisotopic (exact) mass is 283 g/mol. The lowest BCUT2D eigenvalue weighted by Crippen LogP contribution is -2.24. The molecule has 2 rings (SSSR count). The van der Waals surface area contributed by atoms with Gasteiger partial charge >= 0.3 is 6.03 Å². The highest BCUT2D eigenvalue weighted by Gasteiger charge is 1.97. The molecule has 0 fully saturated rings. The van der Waals surface area contributed by atoms with E-state index in [1.807, 2.05) is 43.3 Å². The van der Waals surface area contributed by atoms with Crippen molar-refractivity contribution >= 4 is 12.2 Å². The molecule has 5 heteroatoms. The molecule has 0 unspecified atom stereocenters. The molecule has 0 aromatic heterocycles. The summed E-state index contributed by atoms with van der Waals surface area (Å²) in [5.74, 6) is 0.735. The van der Waals surface area contributed by atoms with Crippen LogP contribution in [0.3, 0.4) is 0 Å². The van der Waals surface area contributed by atoms with Crippen LogP contribution in [0.5, 0.6) is 5.75 Å².